The van der Waals surface area contributed by atoms with Crippen molar-refractivity contribution < 1.29 is 28.6 Å². The molecule has 0 aliphatic carbocycles. The van der Waals surface area contributed by atoms with E-state index < -0.39 is 5.82 Å². The summed E-state index contributed by atoms with van der Waals surface area (Å²) in [6, 6.07) is 27.3. The maximum absolute atomic E-state index is 13.4. The van der Waals surface area contributed by atoms with Crippen molar-refractivity contribution in [2.75, 3.05) is 116 Å². The van der Waals surface area contributed by atoms with Crippen LogP contribution in [-0.4, -0.2) is 137 Å². The second kappa shape index (κ2) is 28.6. The Morgan fingerprint density at radius 3 is 1.78 bits per heavy atom. The van der Waals surface area contributed by atoms with E-state index in [2.05, 4.69) is 68.3 Å². The molecule has 0 saturated carbocycles. The molecule has 2 aliphatic heterocycles. The van der Waals surface area contributed by atoms with E-state index in [1.54, 1.807) is 12.1 Å². The zero-order valence-corrected chi connectivity index (χ0v) is 42.7. The van der Waals surface area contributed by atoms with Crippen LogP contribution in [0.3, 0.4) is 0 Å². The van der Waals surface area contributed by atoms with Crippen LogP contribution in [0.2, 0.25) is 0 Å². The van der Waals surface area contributed by atoms with Gasteiger partial charge in [0.05, 0.1) is 18.5 Å². The van der Waals surface area contributed by atoms with Crippen LogP contribution >= 0.6 is 61.1 Å². The molecule has 14 nitrogen and oxygen atoms in total. The second-order valence-corrected chi connectivity index (χ2v) is 18.0. The fourth-order valence-electron chi connectivity index (χ4n) is 6.86. The molecular weight excluding hydrogens is 1000 g/mol. The molecule has 2 fully saturated rings. The first-order valence-corrected chi connectivity index (χ1v) is 24.6. The predicted octanol–water partition coefficient (Wildman–Crippen LogP) is 6.98. The van der Waals surface area contributed by atoms with Gasteiger partial charge in [-0.25, -0.2) is 13.8 Å². The van der Waals surface area contributed by atoms with Crippen molar-refractivity contribution in [3.63, 3.8) is 0 Å². The summed E-state index contributed by atoms with van der Waals surface area (Å²) in [5, 5.41) is 25.9. The van der Waals surface area contributed by atoms with E-state index >= 15 is 0 Å². The highest BCUT2D eigenvalue weighted by atomic mass is 79.9. The lowest BCUT2D eigenvalue weighted by molar-refractivity contribution is 0.102. The van der Waals surface area contributed by atoms with Gasteiger partial charge in [-0.3, -0.25) is 19.4 Å². The Hall–Kier alpha value is -4.63. The van der Waals surface area contributed by atoms with Gasteiger partial charge < -0.3 is 42.1 Å². The zero-order valence-electron chi connectivity index (χ0n) is 37.3. The Morgan fingerprint density at radius 2 is 1.30 bits per heavy atom. The third-order valence-corrected chi connectivity index (χ3v) is 12.6. The molecule has 2 aliphatic rings. The number of alkyl halides is 1. The summed E-state index contributed by atoms with van der Waals surface area (Å²) in [6.45, 7) is 11.5. The van der Waals surface area contributed by atoms with Crippen molar-refractivity contribution in [2.45, 2.75) is 6.92 Å². The maximum atomic E-state index is 13.4. The summed E-state index contributed by atoms with van der Waals surface area (Å²) in [5.41, 5.74) is 16.4. The Morgan fingerprint density at radius 1 is 0.806 bits per heavy atom. The van der Waals surface area contributed by atoms with Crippen molar-refractivity contribution in [1.29, 1.82) is 0 Å². The number of nitrogens with two attached hydrogens (primary N) is 2. The Bertz CT molecular complexity index is 2370. The number of hydrogen-bond acceptors (Lipinski definition) is 14. The van der Waals surface area contributed by atoms with Crippen LogP contribution in [0.15, 0.2) is 102 Å². The van der Waals surface area contributed by atoms with Gasteiger partial charge in [0.15, 0.2) is 21.2 Å². The highest BCUT2D eigenvalue weighted by Gasteiger charge is 2.20. The summed E-state index contributed by atoms with van der Waals surface area (Å²) in [7, 11) is 0. The van der Waals surface area contributed by atoms with E-state index in [0.29, 0.717) is 21.0 Å². The Labute approximate surface area is 416 Å². The van der Waals surface area contributed by atoms with Crippen LogP contribution in [0.25, 0.3) is 0 Å². The summed E-state index contributed by atoms with van der Waals surface area (Å²) in [5.74, 6) is -0.307. The van der Waals surface area contributed by atoms with Gasteiger partial charge in [-0.15, -0.1) is 0 Å². The second-order valence-electron chi connectivity index (χ2n) is 14.8. The smallest absolute Gasteiger partial charge is 0.206 e. The summed E-state index contributed by atoms with van der Waals surface area (Å²) in [4.78, 5) is 41.5. The molecule has 0 bridgehead atoms. The number of nitrogens with one attached hydrogen (secondary N) is 2. The SMILES string of the molecule is CCSC(N)=NC(=S)Nc1ccc(N2CCN(CCO)CC2)cc1.Nc1nc(Nc2ccc(N3CCN(CCO)CC3)cc2)sc1C(=O)c1cccc(F)c1.O=C(CBr)c1cccc(F)c1.P. The number of rotatable bonds is 14. The summed E-state index contributed by atoms with van der Waals surface area (Å²) < 4.78 is 25.9. The number of aliphatic hydroxyl groups excluding tert-OH is 2. The Balaban J connectivity index is 0.000000241. The first-order chi connectivity index (χ1) is 31.9. The fraction of sp³-hybridized carbons (Fsp3) is 0.326. The normalized spacial score (nSPS) is 14.1. The van der Waals surface area contributed by atoms with Crippen LogP contribution in [0.5, 0.6) is 0 Å². The Kier molecular flexibility index (Phi) is 23.5. The van der Waals surface area contributed by atoms with Crippen molar-refractivity contribution in [2.24, 2.45) is 10.7 Å². The maximum Gasteiger partial charge on any atom is 0.206 e. The quantitative estimate of drug-likeness (QED) is 0.0167. The molecule has 0 amide bonds. The molecule has 5 aromatic rings. The average molecular weight is 1060 g/mol. The van der Waals surface area contributed by atoms with Gasteiger partial charge in [0, 0.05) is 99.3 Å². The van der Waals surface area contributed by atoms with Crippen molar-refractivity contribution in [3.8, 4) is 0 Å². The number of carbonyl (C=O) groups excluding carboxylic acids is 2. The molecule has 2 saturated heterocycles. The van der Waals surface area contributed by atoms with E-state index in [4.69, 9.17) is 33.9 Å². The highest BCUT2D eigenvalue weighted by molar-refractivity contribution is 9.09. The lowest BCUT2D eigenvalue weighted by Gasteiger charge is -2.35. The number of carbonyl (C=O) groups is 2. The minimum Gasteiger partial charge on any atom is -0.395 e. The van der Waals surface area contributed by atoms with E-state index in [1.807, 2.05) is 43.3 Å². The molecule has 21 heteroatoms. The molecule has 7 rings (SSSR count). The topological polar surface area (TPSA) is 189 Å². The third-order valence-electron chi connectivity index (χ3n) is 10.3. The highest BCUT2D eigenvalue weighted by Crippen LogP contribution is 2.31. The van der Waals surface area contributed by atoms with Crippen LogP contribution in [0.1, 0.15) is 32.5 Å². The standard InChI is InChI=1S/C22H24FN5O2S.C16H25N5OS2.C8H6BrFO.H3P/c23-16-3-1-2-15(14-16)19(30)20-21(24)26-22(31-20)25-17-4-6-18(7-5-17)28-10-8-27(9-11-28)12-13-29;1-2-24-15(17)19-16(23)18-13-3-5-14(6-4-13)21-9-7-20(8-10-21)11-12-22;9-5-8(11)6-2-1-3-7(10)4-6;/h1-7,14,29H,8-13,24H2,(H,25,26);3-6,22H,2,7-12H2,1H3,(H3,17,18,19,23);1-4H,5H2;1H3. The number of thioether (sulfide) groups is 1. The van der Waals surface area contributed by atoms with Crippen LogP contribution in [-0.2, 0) is 0 Å². The molecule has 1 unspecified atom stereocenters. The molecular formula is C46H58BrF2N10O4PS3. The van der Waals surface area contributed by atoms with Crippen LogP contribution in [0, 0.1) is 11.6 Å². The molecule has 67 heavy (non-hydrogen) atoms. The molecule has 4 aromatic carbocycles. The van der Waals surface area contributed by atoms with Crippen molar-refractivity contribution in [3.05, 3.63) is 125 Å². The van der Waals surface area contributed by atoms with E-state index in [0.717, 1.165) is 99.6 Å². The minimum atomic E-state index is -0.470. The van der Waals surface area contributed by atoms with Crippen molar-refractivity contribution in [1.82, 2.24) is 14.8 Å². The molecule has 360 valence electrons. The molecule has 1 aromatic heterocycles. The first-order valence-electron chi connectivity index (χ1n) is 21.2. The van der Waals surface area contributed by atoms with Gasteiger partial charge >= 0.3 is 0 Å². The molecule has 0 spiro atoms. The number of halogens is 3. The average Bonchev–Trinajstić information content (AvgIpc) is 3.69. The lowest BCUT2D eigenvalue weighted by Crippen LogP contribution is -2.47. The van der Waals surface area contributed by atoms with Gasteiger partial charge in [-0.2, -0.15) is 14.9 Å². The number of Topliss-reactive ketones (excluding diaryl/α,β-unsaturated/α-hetero) is 1. The number of thiocarbonyl (C=S) groups is 1. The summed E-state index contributed by atoms with van der Waals surface area (Å²) >= 11 is 10.8. The third kappa shape index (κ3) is 17.8. The molecule has 3 heterocycles. The van der Waals surface area contributed by atoms with Crippen LogP contribution in [0.4, 0.5) is 42.5 Å². The first kappa shape index (κ1) is 55.0. The number of thiazole rings is 1. The molecule has 8 N–H and O–H groups in total. The van der Waals surface area contributed by atoms with Gasteiger partial charge in [0.25, 0.3) is 0 Å². The van der Waals surface area contributed by atoms with Crippen molar-refractivity contribution >= 4 is 117 Å². The zero-order chi connectivity index (χ0) is 47.4. The number of aliphatic hydroxyl groups is 2. The number of piperazine rings is 2. The van der Waals surface area contributed by atoms with Gasteiger partial charge in [-0.1, -0.05) is 70.2 Å². The van der Waals surface area contributed by atoms with Gasteiger partial charge in [0.1, 0.15) is 22.3 Å². The number of nitrogen functional groups attached to an aromatic ring is 1. The van der Waals surface area contributed by atoms with Crippen LogP contribution < -0.4 is 31.9 Å². The fourth-order valence-corrected chi connectivity index (χ4v) is 8.77. The number of hydrogen-bond donors (Lipinski definition) is 6. The number of amidine groups is 1. The summed E-state index contributed by atoms with van der Waals surface area (Å²) in [6.07, 6.45) is 0. The van der Waals surface area contributed by atoms with E-state index in [1.165, 1.54) is 53.8 Å². The number of ketones is 2. The largest absolute Gasteiger partial charge is 0.395 e. The molecule has 1 atom stereocenters. The lowest BCUT2D eigenvalue weighted by atomic mass is 10.1. The van der Waals surface area contributed by atoms with Gasteiger partial charge in [-0.05, 0) is 90.8 Å². The monoisotopic (exact) mass is 1060 g/mol. The molecule has 0 radical (unpaired) electrons. The van der Waals surface area contributed by atoms with Gasteiger partial charge in [0.2, 0.25) is 5.78 Å². The van der Waals surface area contributed by atoms with E-state index in [-0.39, 0.29) is 62.1 Å². The predicted molar refractivity (Wildman–Crippen MR) is 286 cm³/mol. The number of aliphatic imine (C=N–C) groups is 1. The number of anilines is 6. The number of benzene rings is 4. The minimum absolute atomic E-state index is 0. The number of aromatic nitrogens is 1. The number of β-amino-alcohol motifs (C(OH)–C–C–N with tert-alkyl or cyclic N) is 2. The van der Waals surface area contributed by atoms with E-state index in [9.17, 15) is 18.4 Å². The number of nitrogens with zero attached hydrogens (tertiary/aromatic N) is 6.